The van der Waals surface area contributed by atoms with Crippen LogP contribution in [-0.2, 0) is 15.4 Å². The summed E-state index contributed by atoms with van der Waals surface area (Å²) in [6, 6.07) is 5.75. The Hall–Kier alpha value is -0.870. The van der Waals surface area contributed by atoms with Gasteiger partial charge in [-0.25, -0.2) is 8.42 Å². The van der Waals surface area contributed by atoms with Gasteiger partial charge in [0.1, 0.15) is 0 Å². The monoisotopic (exact) mass is 325 g/mol. The van der Waals surface area contributed by atoms with Gasteiger partial charge in [-0.3, -0.25) is 0 Å². The maximum Gasteiger partial charge on any atom is 0.243 e. The summed E-state index contributed by atoms with van der Waals surface area (Å²) < 4.78 is 27.6. The second-order valence-corrected chi connectivity index (χ2v) is 10.2. The van der Waals surface area contributed by atoms with Crippen molar-refractivity contribution >= 4 is 10.0 Å². The summed E-state index contributed by atoms with van der Waals surface area (Å²) in [4.78, 5) is 0.418. The van der Waals surface area contributed by atoms with E-state index in [0.717, 1.165) is 5.56 Å². The highest BCUT2D eigenvalue weighted by Gasteiger charge is 2.34. The molecule has 3 nitrogen and oxygen atoms in total. The highest BCUT2D eigenvalue weighted by atomic mass is 32.2. The first-order valence-corrected chi connectivity index (χ1v) is 9.26. The fourth-order valence-electron chi connectivity index (χ4n) is 2.23. The zero-order valence-corrected chi connectivity index (χ0v) is 16.3. The van der Waals surface area contributed by atoms with E-state index in [4.69, 9.17) is 0 Å². The lowest BCUT2D eigenvalue weighted by atomic mass is 9.85. The third-order valence-electron chi connectivity index (χ3n) is 4.06. The van der Waals surface area contributed by atoms with Crippen molar-refractivity contribution in [1.82, 2.24) is 4.31 Å². The molecule has 0 bridgehead atoms. The summed E-state index contributed by atoms with van der Waals surface area (Å²) in [6.07, 6.45) is 0. The highest BCUT2D eigenvalue weighted by molar-refractivity contribution is 7.89. The summed E-state index contributed by atoms with van der Waals surface area (Å²) in [7, 11) is -1.87. The van der Waals surface area contributed by atoms with E-state index in [1.54, 1.807) is 13.1 Å². The van der Waals surface area contributed by atoms with Crippen molar-refractivity contribution in [1.29, 1.82) is 0 Å². The topological polar surface area (TPSA) is 37.4 Å². The Morgan fingerprint density at radius 1 is 1.00 bits per heavy atom. The Morgan fingerprint density at radius 3 is 1.86 bits per heavy atom. The molecule has 0 N–H and O–H groups in total. The van der Waals surface area contributed by atoms with Crippen LogP contribution in [-0.4, -0.2) is 25.3 Å². The fourth-order valence-corrected chi connectivity index (χ4v) is 4.12. The van der Waals surface area contributed by atoms with E-state index in [-0.39, 0.29) is 5.41 Å². The van der Waals surface area contributed by atoms with Crippen LogP contribution in [0.4, 0.5) is 0 Å². The average molecular weight is 326 g/mol. The third-order valence-corrected chi connectivity index (χ3v) is 6.24. The van der Waals surface area contributed by atoms with Crippen LogP contribution < -0.4 is 0 Å². The van der Waals surface area contributed by atoms with E-state index < -0.39 is 15.6 Å². The van der Waals surface area contributed by atoms with E-state index in [1.807, 2.05) is 32.9 Å². The van der Waals surface area contributed by atoms with Crippen LogP contribution in [0, 0.1) is 0 Å². The van der Waals surface area contributed by atoms with Crippen molar-refractivity contribution in [3.63, 3.8) is 0 Å². The summed E-state index contributed by atoms with van der Waals surface area (Å²) in [5.74, 6) is 0.373. The second kappa shape index (κ2) is 5.97. The molecule has 22 heavy (non-hydrogen) atoms. The molecule has 0 aliphatic rings. The van der Waals surface area contributed by atoms with Crippen molar-refractivity contribution in [3.8, 4) is 0 Å². The highest BCUT2D eigenvalue weighted by Crippen LogP contribution is 2.34. The Morgan fingerprint density at radius 2 is 1.50 bits per heavy atom. The van der Waals surface area contributed by atoms with Crippen molar-refractivity contribution in [2.45, 2.75) is 77.2 Å². The van der Waals surface area contributed by atoms with Gasteiger partial charge in [0, 0.05) is 12.6 Å². The van der Waals surface area contributed by atoms with Gasteiger partial charge < -0.3 is 0 Å². The molecule has 0 radical (unpaired) electrons. The molecule has 0 heterocycles. The van der Waals surface area contributed by atoms with Crippen molar-refractivity contribution < 1.29 is 8.42 Å². The number of hydrogen-bond acceptors (Lipinski definition) is 2. The van der Waals surface area contributed by atoms with E-state index in [0.29, 0.717) is 10.8 Å². The van der Waals surface area contributed by atoms with Crippen LogP contribution in [0.25, 0.3) is 0 Å². The van der Waals surface area contributed by atoms with Crippen LogP contribution in [0.15, 0.2) is 23.1 Å². The van der Waals surface area contributed by atoms with Gasteiger partial charge in [-0.05, 0) is 49.3 Å². The van der Waals surface area contributed by atoms with Gasteiger partial charge >= 0.3 is 0 Å². The van der Waals surface area contributed by atoms with Gasteiger partial charge in [-0.1, -0.05) is 46.8 Å². The van der Waals surface area contributed by atoms with Crippen molar-refractivity contribution in [2.24, 2.45) is 0 Å². The molecule has 0 saturated carbocycles. The molecule has 1 aromatic rings. The zero-order chi connectivity index (χ0) is 17.5. The maximum atomic E-state index is 13.1. The van der Waals surface area contributed by atoms with E-state index in [2.05, 4.69) is 34.6 Å². The van der Waals surface area contributed by atoms with E-state index in [9.17, 15) is 8.42 Å². The minimum Gasteiger partial charge on any atom is -0.207 e. The van der Waals surface area contributed by atoms with Crippen LogP contribution in [0.5, 0.6) is 0 Å². The fraction of sp³-hybridized carbons (Fsp3) is 0.667. The molecule has 1 aromatic carbocycles. The summed E-state index contributed by atoms with van der Waals surface area (Å²) in [5, 5.41) is 0. The molecule has 0 atom stereocenters. The number of sulfonamides is 1. The maximum absolute atomic E-state index is 13.1. The Bertz CT molecular complexity index is 632. The predicted octanol–water partition coefficient (Wildman–Crippen LogP) is 4.53. The van der Waals surface area contributed by atoms with Crippen LogP contribution in [0.2, 0.25) is 0 Å². The molecule has 0 saturated heterocycles. The number of benzene rings is 1. The molecule has 1 rings (SSSR count). The van der Waals surface area contributed by atoms with Gasteiger partial charge in [-0.15, -0.1) is 0 Å². The first kappa shape index (κ1) is 19.2. The second-order valence-electron chi connectivity index (χ2n) is 8.30. The summed E-state index contributed by atoms with van der Waals surface area (Å²) in [5.41, 5.74) is 1.37. The molecule has 0 aliphatic carbocycles. The quantitative estimate of drug-likeness (QED) is 0.819. The molecule has 0 spiro atoms. The van der Waals surface area contributed by atoms with Crippen molar-refractivity contribution in [2.75, 3.05) is 7.05 Å². The smallest absolute Gasteiger partial charge is 0.207 e. The number of hydrogen-bond donors (Lipinski definition) is 0. The van der Waals surface area contributed by atoms with E-state index >= 15 is 0 Å². The van der Waals surface area contributed by atoms with Crippen LogP contribution in [0.3, 0.4) is 0 Å². The minimum atomic E-state index is -3.52. The molecular formula is C18H31NO2S. The van der Waals surface area contributed by atoms with Gasteiger partial charge in [0.15, 0.2) is 0 Å². The summed E-state index contributed by atoms with van der Waals surface area (Å²) in [6.45, 7) is 16.1. The molecule has 0 unspecified atom stereocenters. The minimum absolute atomic E-state index is 0.230. The van der Waals surface area contributed by atoms with Gasteiger partial charge in [0.05, 0.1) is 4.90 Å². The number of nitrogens with zero attached hydrogens (tertiary/aromatic N) is 1. The standard InChI is InChI=1S/C18H31NO2S/c1-13(2)14-10-11-16(15(12-14)17(3,4)5)22(20,21)19(9)18(6,7)8/h10-13H,1-9H3. The molecule has 0 aliphatic heterocycles. The van der Waals surface area contributed by atoms with Crippen molar-refractivity contribution in [3.05, 3.63) is 29.3 Å². The first-order valence-electron chi connectivity index (χ1n) is 7.82. The lowest BCUT2D eigenvalue weighted by Crippen LogP contribution is -2.43. The summed E-state index contributed by atoms with van der Waals surface area (Å²) >= 11 is 0. The average Bonchev–Trinajstić information content (AvgIpc) is 2.34. The Kier molecular flexibility index (Phi) is 5.20. The molecular weight excluding hydrogens is 294 g/mol. The van der Waals surface area contributed by atoms with Gasteiger partial charge in [-0.2, -0.15) is 4.31 Å². The number of rotatable bonds is 3. The van der Waals surface area contributed by atoms with Crippen LogP contribution in [0.1, 0.15) is 72.4 Å². The Labute approximate surface area is 136 Å². The molecule has 4 heteroatoms. The molecule has 0 aromatic heterocycles. The molecule has 126 valence electrons. The normalized spacial score (nSPS) is 14.0. The predicted molar refractivity (Wildman–Crippen MR) is 93.9 cm³/mol. The van der Waals surface area contributed by atoms with Crippen LogP contribution >= 0.6 is 0 Å². The largest absolute Gasteiger partial charge is 0.243 e. The molecule has 0 amide bonds. The zero-order valence-electron chi connectivity index (χ0n) is 15.5. The lowest BCUT2D eigenvalue weighted by Gasteiger charge is -2.33. The SMILES string of the molecule is CC(C)c1ccc(S(=O)(=O)N(C)C(C)(C)C)c(C(C)(C)C)c1. The Balaban J connectivity index is 3.61. The molecule has 0 fully saturated rings. The van der Waals surface area contributed by atoms with Gasteiger partial charge in [0.25, 0.3) is 0 Å². The van der Waals surface area contributed by atoms with E-state index in [1.165, 1.54) is 9.87 Å². The third kappa shape index (κ3) is 3.90. The lowest BCUT2D eigenvalue weighted by molar-refractivity contribution is 0.291. The van der Waals surface area contributed by atoms with Gasteiger partial charge in [0.2, 0.25) is 10.0 Å². The first-order chi connectivity index (χ1) is 9.69.